The van der Waals surface area contributed by atoms with Gasteiger partial charge in [0.15, 0.2) is 0 Å². The number of benzene rings is 1. The van der Waals surface area contributed by atoms with Crippen LogP contribution < -0.4 is 5.73 Å². The SMILES string of the molecule is C=C/C=C(\N=C)N(CC)C(=O)c1ccc(N)cc1. The molecule has 4 nitrogen and oxygen atoms in total. The van der Waals surface area contributed by atoms with Gasteiger partial charge in [-0.15, -0.1) is 0 Å². The van der Waals surface area contributed by atoms with Gasteiger partial charge in [-0.3, -0.25) is 9.69 Å². The van der Waals surface area contributed by atoms with Crippen molar-refractivity contribution in [1.82, 2.24) is 4.90 Å². The van der Waals surface area contributed by atoms with Crippen LogP contribution in [0.3, 0.4) is 0 Å². The fourth-order valence-electron chi connectivity index (χ4n) is 1.52. The summed E-state index contributed by atoms with van der Waals surface area (Å²) in [5.41, 5.74) is 6.77. The zero-order valence-corrected chi connectivity index (χ0v) is 10.5. The second kappa shape index (κ2) is 6.39. The first-order chi connectivity index (χ1) is 8.63. The average molecular weight is 243 g/mol. The lowest BCUT2D eigenvalue weighted by Crippen LogP contribution is -2.29. The van der Waals surface area contributed by atoms with Gasteiger partial charge in [-0.1, -0.05) is 12.7 Å². The topological polar surface area (TPSA) is 58.7 Å². The Labute approximate surface area is 107 Å². The molecule has 0 aliphatic carbocycles. The van der Waals surface area contributed by atoms with Gasteiger partial charge < -0.3 is 5.73 Å². The van der Waals surface area contributed by atoms with Crippen LogP contribution >= 0.6 is 0 Å². The maximum atomic E-state index is 12.3. The Morgan fingerprint density at radius 1 is 1.44 bits per heavy atom. The van der Waals surface area contributed by atoms with Crippen LogP contribution in [0.15, 0.2) is 53.8 Å². The molecule has 1 amide bonds. The van der Waals surface area contributed by atoms with E-state index < -0.39 is 0 Å². The maximum absolute atomic E-state index is 12.3. The Morgan fingerprint density at radius 3 is 2.50 bits per heavy atom. The van der Waals surface area contributed by atoms with Gasteiger partial charge >= 0.3 is 0 Å². The molecule has 0 saturated heterocycles. The van der Waals surface area contributed by atoms with E-state index in [2.05, 4.69) is 18.3 Å². The van der Waals surface area contributed by atoms with Gasteiger partial charge in [-0.25, -0.2) is 4.99 Å². The van der Waals surface area contributed by atoms with Crippen molar-refractivity contribution in [3.63, 3.8) is 0 Å². The summed E-state index contributed by atoms with van der Waals surface area (Å²) in [5, 5.41) is 0. The summed E-state index contributed by atoms with van der Waals surface area (Å²) in [6.45, 7) is 9.42. The number of nitrogen functional groups attached to an aromatic ring is 1. The normalized spacial score (nSPS) is 10.8. The summed E-state index contributed by atoms with van der Waals surface area (Å²) in [4.78, 5) is 17.6. The number of anilines is 1. The van der Waals surface area contributed by atoms with E-state index in [9.17, 15) is 4.79 Å². The Hall–Kier alpha value is -2.36. The van der Waals surface area contributed by atoms with Crippen molar-refractivity contribution in [3.05, 3.63) is 54.4 Å². The van der Waals surface area contributed by atoms with E-state index in [1.165, 1.54) is 4.90 Å². The molecule has 0 radical (unpaired) electrons. The van der Waals surface area contributed by atoms with Crippen LogP contribution in [0, 0.1) is 0 Å². The minimum atomic E-state index is -0.141. The largest absolute Gasteiger partial charge is 0.399 e. The number of amides is 1. The van der Waals surface area contributed by atoms with Gasteiger partial charge in [0.05, 0.1) is 0 Å². The number of allylic oxidation sites excluding steroid dienone is 2. The van der Waals surface area contributed by atoms with E-state index in [4.69, 9.17) is 5.73 Å². The Kier molecular flexibility index (Phi) is 4.87. The second-order valence-corrected chi connectivity index (χ2v) is 3.59. The molecular weight excluding hydrogens is 226 g/mol. The number of rotatable bonds is 5. The van der Waals surface area contributed by atoms with E-state index >= 15 is 0 Å². The van der Waals surface area contributed by atoms with E-state index in [1.54, 1.807) is 36.4 Å². The van der Waals surface area contributed by atoms with Crippen molar-refractivity contribution in [2.45, 2.75) is 6.92 Å². The minimum Gasteiger partial charge on any atom is -0.399 e. The quantitative estimate of drug-likeness (QED) is 0.490. The molecule has 0 aliphatic rings. The summed E-state index contributed by atoms with van der Waals surface area (Å²) in [6.07, 6.45) is 3.22. The van der Waals surface area contributed by atoms with Crippen LogP contribution in [0.1, 0.15) is 17.3 Å². The molecule has 0 aromatic heterocycles. The number of carbonyl (C=O) groups excluding carboxylic acids is 1. The molecule has 0 heterocycles. The van der Waals surface area contributed by atoms with Crippen LogP contribution in [0.25, 0.3) is 0 Å². The van der Waals surface area contributed by atoms with Crippen molar-refractivity contribution >= 4 is 18.3 Å². The highest BCUT2D eigenvalue weighted by Crippen LogP contribution is 2.13. The van der Waals surface area contributed by atoms with Gasteiger partial charge in [0.25, 0.3) is 5.91 Å². The number of hydrogen-bond acceptors (Lipinski definition) is 3. The Balaban J connectivity index is 3.05. The molecule has 0 atom stereocenters. The zero-order valence-electron chi connectivity index (χ0n) is 10.5. The molecule has 2 N–H and O–H groups in total. The molecule has 94 valence electrons. The highest BCUT2D eigenvalue weighted by Gasteiger charge is 2.16. The van der Waals surface area contributed by atoms with Crippen LogP contribution in [-0.2, 0) is 0 Å². The fraction of sp³-hybridized carbons (Fsp3) is 0.143. The number of nitrogens with zero attached hydrogens (tertiary/aromatic N) is 2. The maximum Gasteiger partial charge on any atom is 0.259 e. The third-order valence-corrected chi connectivity index (χ3v) is 2.42. The van der Waals surface area contributed by atoms with Crippen LogP contribution in [0.5, 0.6) is 0 Å². The predicted octanol–water partition coefficient (Wildman–Crippen LogP) is 2.46. The number of aliphatic imine (C=N–C) groups is 1. The lowest BCUT2D eigenvalue weighted by molar-refractivity contribution is 0.0811. The number of nitrogens with two attached hydrogens (primary N) is 1. The van der Waals surface area contributed by atoms with Crippen molar-refractivity contribution in [1.29, 1.82) is 0 Å². The summed E-state index contributed by atoms with van der Waals surface area (Å²) in [5.74, 6) is 0.340. The zero-order chi connectivity index (χ0) is 13.5. The first-order valence-electron chi connectivity index (χ1n) is 5.60. The molecule has 18 heavy (non-hydrogen) atoms. The van der Waals surface area contributed by atoms with Gasteiger partial charge in [0.2, 0.25) is 0 Å². The van der Waals surface area contributed by atoms with Crippen LogP contribution in [-0.4, -0.2) is 24.1 Å². The van der Waals surface area contributed by atoms with Gasteiger partial charge in [0.1, 0.15) is 5.82 Å². The molecule has 0 fully saturated rings. The molecule has 1 aromatic carbocycles. The lowest BCUT2D eigenvalue weighted by atomic mass is 10.2. The second-order valence-electron chi connectivity index (χ2n) is 3.59. The standard InChI is InChI=1S/C14H17N3O/c1-4-6-13(16-3)17(5-2)14(18)11-7-9-12(15)10-8-11/h4,6-10H,1,3,5,15H2,2H3/b13-6+. The number of carbonyl (C=O) groups is 1. The Bertz CT molecular complexity index is 474. The summed E-state index contributed by atoms with van der Waals surface area (Å²) < 4.78 is 0. The van der Waals surface area contributed by atoms with Gasteiger partial charge in [-0.2, -0.15) is 0 Å². The van der Waals surface area contributed by atoms with E-state index in [0.717, 1.165) is 0 Å². The molecule has 0 unspecified atom stereocenters. The first-order valence-corrected chi connectivity index (χ1v) is 5.60. The van der Waals surface area contributed by atoms with Crippen molar-refractivity contribution < 1.29 is 4.79 Å². The molecule has 4 heteroatoms. The Morgan fingerprint density at radius 2 is 2.06 bits per heavy atom. The molecule has 0 bridgehead atoms. The van der Waals surface area contributed by atoms with Crippen LogP contribution in [0.2, 0.25) is 0 Å². The molecular formula is C14H17N3O. The predicted molar refractivity (Wildman–Crippen MR) is 75.4 cm³/mol. The lowest BCUT2D eigenvalue weighted by Gasteiger charge is -2.20. The third kappa shape index (κ3) is 3.07. The number of hydrogen-bond donors (Lipinski definition) is 1. The van der Waals surface area contributed by atoms with Gasteiger partial charge in [-0.05, 0) is 44.0 Å². The summed E-state index contributed by atoms with van der Waals surface area (Å²) in [7, 11) is 0. The van der Waals surface area contributed by atoms with Gasteiger partial charge in [0, 0.05) is 17.8 Å². The van der Waals surface area contributed by atoms with E-state index in [-0.39, 0.29) is 5.91 Å². The monoisotopic (exact) mass is 243 g/mol. The van der Waals surface area contributed by atoms with Crippen LogP contribution in [0.4, 0.5) is 5.69 Å². The van der Waals surface area contributed by atoms with Crippen molar-refractivity contribution in [3.8, 4) is 0 Å². The molecule has 0 aliphatic heterocycles. The molecule has 0 spiro atoms. The van der Waals surface area contributed by atoms with E-state index in [1.807, 2.05) is 6.92 Å². The van der Waals surface area contributed by atoms with Crippen molar-refractivity contribution in [2.75, 3.05) is 12.3 Å². The molecule has 1 rings (SSSR count). The van der Waals surface area contributed by atoms with Crippen molar-refractivity contribution in [2.24, 2.45) is 4.99 Å². The minimum absolute atomic E-state index is 0.141. The highest BCUT2D eigenvalue weighted by molar-refractivity contribution is 5.95. The first kappa shape index (κ1) is 13.7. The third-order valence-electron chi connectivity index (χ3n) is 2.42. The summed E-state index contributed by atoms with van der Waals surface area (Å²) >= 11 is 0. The molecule has 1 aromatic rings. The highest BCUT2D eigenvalue weighted by atomic mass is 16.2. The smallest absolute Gasteiger partial charge is 0.259 e. The summed E-state index contributed by atoms with van der Waals surface area (Å²) in [6, 6.07) is 6.77. The average Bonchev–Trinajstić information content (AvgIpc) is 2.39. The fourth-order valence-corrected chi connectivity index (χ4v) is 1.52. The van der Waals surface area contributed by atoms with E-state index in [0.29, 0.717) is 23.6 Å². The molecule has 0 saturated carbocycles.